The lowest BCUT2D eigenvalue weighted by Crippen LogP contribution is -1.97. The van der Waals surface area contributed by atoms with E-state index in [1.54, 1.807) is 7.11 Å². The largest absolute Gasteiger partial charge is 0.373 e. The third-order valence-electron chi connectivity index (χ3n) is 3.36. The van der Waals surface area contributed by atoms with Gasteiger partial charge >= 0.3 is 0 Å². The molecular weight excluding hydrogens is 268 g/mol. The van der Waals surface area contributed by atoms with Crippen LogP contribution in [0.5, 0.6) is 0 Å². The van der Waals surface area contributed by atoms with Gasteiger partial charge in [0.1, 0.15) is 11.9 Å². The summed E-state index contributed by atoms with van der Waals surface area (Å²) in [5.41, 5.74) is 1.76. The molecule has 0 amide bonds. The minimum atomic E-state index is -0.233. The standard InChI is InChI=1S/C15H16N4O2/c1-9(20-3)15-18-14(19-21-15)11-8-13(16-2)17-12-7-5-4-6-10(11)12/h4-9H,1-3H3,(H,16,17)/t9-/m0/s1. The lowest BCUT2D eigenvalue weighted by atomic mass is 10.1. The van der Waals surface area contributed by atoms with Crippen molar-refractivity contribution < 1.29 is 9.26 Å². The van der Waals surface area contributed by atoms with E-state index in [1.165, 1.54) is 0 Å². The zero-order valence-corrected chi connectivity index (χ0v) is 12.1. The molecule has 0 fully saturated rings. The van der Waals surface area contributed by atoms with Gasteiger partial charge in [-0.2, -0.15) is 4.98 Å². The maximum Gasteiger partial charge on any atom is 0.255 e. The Balaban J connectivity index is 2.16. The molecule has 0 aliphatic rings. The van der Waals surface area contributed by atoms with Crippen molar-refractivity contribution in [3.8, 4) is 11.4 Å². The fraction of sp³-hybridized carbons (Fsp3) is 0.267. The number of nitrogens with one attached hydrogen (secondary N) is 1. The molecular formula is C15H16N4O2. The third kappa shape index (κ3) is 2.45. The van der Waals surface area contributed by atoms with Crippen molar-refractivity contribution in [2.24, 2.45) is 0 Å². The first-order valence-electron chi connectivity index (χ1n) is 6.67. The number of fused-ring (bicyclic) bond motifs is 1. The molecule has 1 atom stereocenters. The number of nitrogens with zero attached hydrogens (tertiary/aromatic N) is 3. The van der Waals surface area contributed by atoms with Gasteiger partial charge in [-0.25, -0.2) is 4.98 Å². The maximum atomic E-state index is 5.27. The first kappa shape index (κ1) is 13.5. The van der Waals surface area contributed by atoms with Crippen LogP contribution in [0.2, 0.25) is 0 Å². The van der Waals surface area contributed by atoms with Gasteiger partial charge in [-0.1, -0.05) is 23.4 Å². The van der Waals surface area contributed by atoms with Crippen molar-refractivity contribution in [2.75, 3.05) is 19.5 Å². The van der Waals surface area contributed by atoms with E-state index < -0.39 is 0 Å². The zero-order valence-electron chi connectivity index (χ0n) is 12.1. The number of ether oxygens (including phenoxy) is 1. The van der Waals surface area contributed by atoms with Crippen LogP contribution in [0.1, 0.15) is 18.9 Å². The van der Waals surface area contributed by atoms with Crippen LogP contribution in [0.3, 0.4) is 0 Å². The van der Waals surface area contributed by atoms with Gasteiger partial charge in [0, 0.05) is 25.1 Å². The fourth-order valence-electron chi connectivity index (χ4n) is 2.10. The number of hydrogen-bond donors (Lipinski definition) is 1. The van der Waals surface area contributed by atoms with Crippen molar-refractivity contribution in [2.45, 2.75) is 13.0 Å². The van der Waals surface area contributed by atoms with Gasteiger partial charge in [-0.05, 0) is 19.1 Å². The molecule has 0 aliphatic carbocycles. The average molecular weight is 284 g/mol. The Morgan fingerprint density at radius 1 is 1.24 bits per heavy atom. The summed E-state index contributed by atoms with van der Waals surface area (Å²) in [6.45, 7) is 1.86. The highest BCUT2D eigenvalue weighted by Gasteiger charge is 2.17. The van der Waals surface area contributed by atoms with E-state index >= 15 is 0 Å². The molecule has 108 valence electrons. The number of benzene rings is 1. The summed E-state index contributed by atoms with van der Waals surface area (Å²) in [6.07, 6.45) is -0.233. The van der Waals surface area contributed by atoms with Crippen LogP contribution in [0.4, 0.5) is 5.82 Å². The molecule has 3 aromatic rings. The van der Waals surface area contributed by atoms with Gasteiger partial charge < -0.3 is 14.6 Å². The van der Waals surface area contributed by atoms with Crippen molar-refractivity contribution in [1.29, 1.82) is 0 Å². The Bertz CT molecular complexity index is 769. The summed E-state index contributed by atoms with van der Waals surface area (Å²) in [5, 5.41) is 8.09. The summed E-state index contributed by atoms with van der Waals surface area (Å²) < 4.78 is 10.5. The van der Waals surface area contributed by atoms with Crippen LogP contribution in [-0.2, 0) is 4.74 Å². The Hall–Kier alpha value is -2.47. The SMILES string of the molecule is CNc1cc(-c2noc([C@H](C)OC)n2)c2ccccc2n1. The monoisotopic (exact) mass is 284 g/mol. The van der Waals surface area contributed by atoms with E-state index in [-0.39, 0.29) is 6.10 Å². The smallest absolute Gasteiger partial charge is 0.255 e. The van der Waals surface area contributed by atoms with Crippen LogP contribution in [0, 0.1) is 0 Å². The van der Waals surface area contributed by atoms with Crippen LogP contribution in [-0.4, -0.2) is 29.3 Å². The molecule has 1 aromatic carbocycles. The summed E-state index contributed by atoms with van der Waals surface area (Å²) in [4.78, 5) is 8.93. The molecule has 0 bridgehead atoms. The highest BCUT2D eigenvalue weighted by Crippen LogP contribution is 2.29. The van der Waals surface area contributed by atoms with Crippen LogP contribution < -0.4 is 5.32 Å². The summed E-state index contributed by atoms with van der Waals surface area (Å²) in [6, 6.07) is 9.78. The van der Waals surface area contributed by atoms with Crippen molar-refractivity contribution in [1.82, 2.24) is 15.1 Å². The number of para-hydroxylation sites is 1. The quantitative estimate of drug-likeness (QED) is 0.794. The predicted molar refractivity (Wildman–Crippen MR) is 80.0 cm³/mol. The first-order valence-corrected chi connectivity index (χ1v) is 6.67. The summed E-state index contributed by atoms with van der Waals surface area (Å²) in [5.74, 6) is 1.75. The lowest BCUT2D eigenvalue weighted by Gasteiger charge is -2.06. The van der Waals surface area contributed by atoms with Crippen LogP contribution in [0.25, 0.3) is 22.3 Å². The predicted octanol–water partition coefficient (Wildman–Crippen LogP) is 3.03. The molecule has 2 aromatic heterocycles. The van der Waals surface area contributed by atoms with Crippen molar-refractivity contribution in [3.05, 3.63) is 36.2 Å². The maximum absolute atomic E-state index is 5.27. The van der Waals surface area contributed by atoms with E-state index in [2.05, 4.69) is 20.4 Å². The molecule has 0 aliphatic heterocycles. The number of aromatic nitrogens is 3. The van der Waals surface area contributed by atoms with Crippen LogP contribution in [0.15, 0.2) is 34.9 Å². The second-order valence-electron chi connectivity index (χ2n) is 4.66. The number of rotatable bonds is 4. The minimum Gasteiger partial charge on any atom is -0.373 e. The van der Waals surface area contributed by atoms with Gasteiger partial charge in [0.2, 0.25) is 5.82 Å². The highest BCUT2D eigenvalue weighted by molar-refractivity contribution is 5.94. The van der Waals surface area contributed by atoms with Crippen LogP contribution >= 0.6 is 0 Å². The van der Waals surface area contributed by atoms with E-state index in [0.29, 0.717) is 11.7 Å². The Morgan fingerprint density at radius 2 is 2.05 bits per heavy atom. The van der Waals surface area contributed by atoms with Crippen molar-refractivity contribution >= 4 is 16.7 Å². The van der Waals surface area contributed by atoms with E-state index in [9.17, 15) is 0 Å². The molecule has 6 heteroatoms. The van der Waals surface area contributed by atoms with E-state index in [0.717, 1.165) is 22.3 Å². The van der Waals surface area contributed by atoms with Crippen molar-refractivity contribution in [3.63, 3.8) is 0 Å². The first-order chi connectivity index (χ1) is 10.2. The van der Waals surface area contributed by atoms with Gasteiger partial charge in [-0.3, -0.25) is 0 Å². The molecule has 2 heterocycles. The molecule has 21 heavy (non-hydrogen) atoms. The zero-order chi connectivity index (χ0) is 14.8. The second kappa shape index (κ2) is 5.49. The van der Waals surface area contributed by atoms with Gasteiger partial charge in [-0.15, -0.1) is 0 Å². The number of pyridine rings is 1. The van der Waals surface area contributed by atoms with Gasteiger partial charge in [0.05, 0.1) is 5.52 Å². The topological polar surface area (TPSA) is 73.1 Å². The minimum absolute atomic E-state index is 0.233. The van der Waals surface area contributed by atoms with Gasteiger partial charge in [0.25, 0.3) is 5.89 Å². The normalized spacial score (nSPS) is 12.5. The third-order valence-corrected chi connectivity index (χ3v) is 3.36. The molecule has 3 rings (SSSR count). The number of hydrogen-bond acceptors (Lipinski definition) is 6. The average Bonchev–Trinajstić information content (AvgIpc) is 3.02. The second-order valence-corrected chi connectivity index (χ2v) is 4.66. The fourth-order valence-corrected chi connectivity index (χ4v) is 2.10. The molecule has 0 saturated heterocycles. The summed E-state index contributed by atoms with van der Waals surface area (Å²) >= 11 is 0. The summed E-state index contributed by atoms with van der Waals surface area (Å²) in [7, 11) is 3.44. The Morgan fingerprint density at radius 3 is 2.81 bits per heavy atom. The molecule has 0 unspecified atom stereocenters. The molecule has 6 nitrogen and oxygen atoms in total. The Kier molecular flexibility index (Phi) is 3.53. The highest BCUT2D eigenvalue weighted by atomic mass is 16.5. The number of methoxy groups -OCH3 is 1. The van der Waals surface area contributed by atoms with E-state index in [4.69, 9.17) is 9.26 Å². The molecule has 0 spiro atoms. The number of anilines is 1. The molecule has 0 saturated carbocycles. The lowest BCUT2D eigenvalue weighted by molar-refractivity contribution is 0.0886. The molecule has 0 radical (unpaired) electrons. The Labute approximate surface area is 122 Å². The molecule has 1 N–H and O–H groups in total. The van der Waals surface area contributed by atoms with E-state index in [1.807, 2.05) is 44.3 Å². The van der Waals surface area contributed by atoms with Gasteiger partial charge in [0.15, 0.2) is 0 Å².